The molecule has 0 fully saturated rings. The topological polar surface area (TPSA) is 55.8 Å². The van der Waals surface area contributed by atoms with E-state index in [4.69, 9.17) is 14.6 Å². The molecule has 1 heterocycles. The molecule has 0 bridgehead atoms. The number of carboxylic acid groups (broad SMARTS) is 1. The van der Waals surface area contributed by atoms with Crippen LogP contribution >= 0.6 is 0 Å². The van der Waals surface area contributed by atoms with Gasteiger partial charge in [-0.2, -0.15) is 0 Å². The number of aliphatic carboxylic acids is 1. The van der Waals surface area contributed by atoms with Gasteiger partial charge in [0.1, 0.15) is 0 Å². The third kappa shape index (κ3) is 3.40. The zero-order valence-electron chi connectivity index (χ0n) is 11.4. The number of fused-ring (bicyclic) bond motifs is 1. The molecule has 0 saturated heterocycles. The Kier molecular flexibility index (Phi) is 4.30. The summed E-state index contributed by atoms with van der Waals surface area (Å²) in [4.78, 5) is 11.0. The molecule has 1 aromatic rings. The highest BCUT2D eigenvalue weighted by Gasteiger charge is 2.21. The first kappa shape index (κ1) is 13.7. The maximum atomic E-state index is 11.0. The van der Waals surface area contributed by atoms with Crippen molar-refractivity contribution in [2.45, 2.75) is 32.6 Å². The summed E-state index contributed by atoms with van der Waals surface area (Å²) in [6.45, 7) is 5.38. The van der Waals surface area contributed by atoms with Gasteiger partial charge in [-0.3, -0.25) is 4.79 Å². The number of hydrogen-bond acceptors (Lipinski definition) is 3. The minimum absolute atomic E-state index is 0.00495. The minimum atomic E-state index is -0.772. The van der Waals surface area contributed by atoms with E-state index < -0.39 is 5.97 Å². The van der Waals surface area contributed by atoms with Gasteiger partial charge >= 0.3 is 5.97 Å². The molecule has 19 heavy (non-hydrogen) atoms. The zero-order chi connectivity index (χ0) is 13.8. The highest BCUT2D eigenvalue weighted by atomic mass is 16.5. The first-order valence-corrected chi connectivity index (χ1v) is 6.69. The monoisotopic (exact) mass is 264 g/mol. The normalized spacial score (nSPS) is 15.9. The van der Waals surface area contributed by atoms with E-state index in [-0.39, 0.29) is 18.3 Å². The number of carbonyl (C=O) groups is 1. The lowest BCUT2D eigenvalue weighted by Gasteiger charge is -2.20. The summed E-state index contributed by atoms with van der Waals surface area (Å²) in [5, 5.41) is 9.02. The van der Waals surface area contributed by atoms with Crippen LogP contribution in [-0.2, 0) is 4.79 Å². The molecule has 1 N–H and O–H groups in total. The third-order valence-corrected chi connectivity index (χ3v) is 3.40. The summed E-state index contributed by atoms with van der Waals surface area (Å²) >= 11 is 0. The number of benzene rings is 1. The van der Waals surface area contributed by atoms with E-state index in [1.807, 2.05) is 32.0 Å². The molecule has 1 atom stereocenters. The quantitative estimate of drug-likeness (QED) is 0.908. The summed E-state index contributed by atoms with van der Waals surface area (Å²) in [5.41, 5.74) is 1.00. The average molecular weight is 264 g/mol. The van der Waals surface area contributed by atoms with Gasteiger partial charge in [0.15, 0.2) is 11.5 Å². The minimum Gasteiger partial charge on any atom is -0.490 e. The van der Waals surface area contributed by atoms with Gasteiger partial charge < -0.3 is 14.6 Å². The van der Waals surface area contributed by atoms with E-state index in [0.717, 1.165) is 23.5 Å². The maximum Gasteiger partial charge on any atom is 0.303 e. The van der Waals surface area contributed by atoms with Crippen molar-refractivity contribution in [2.75, 3.05) is 13.2 Å². The van der Waals surface area contributed by atoms with Gasteiger partial charge in [0.25, 0.3) is 0 Å². The predicted molar refractivity (Wildman–Crippen MR) is 71.9 cm³/mol. The second-order valence-corrected chi connectivity index (χ2v) is 5.21. The Hall–Kier alpha value is -1.71. The largest absolute Gasteiger partial charge is 0.490 e. The van der Waals surface area contributed by atoms with Gasteiger partial charge in [-0.25, -0.2) is 0 Å². The summed E-state index contributed by atoms with van der Waals surface area (Å²) < 4.78 is 11.2. The SMILES string of the molecule is CC(C)C(CC(=O)O)c1ccc2c(c1)OCCCO2. The summed E-state index contributed by atoms with van der Waals surface area (Å²) in [5.74, 6) is 0.964. The van der Waals surface area contributed by atoms with Gasteiger partial charge in [-0.05, 0) is 29.5 Å². The van der Waals surface area contributed by atoms with Crippen molar-refractivity contribution in [3.05, 3.63) is 23.8 Å². The van der Waals surface area contributed by atoms with Gasteiger partial charge in [-0.15, -0.1) is 0 Å². The molecule has 1 aliphatic heterocycles. The van der Waals surface area contributed by atoms with Crippen molar-refractivity contribution in [1.82, 2.24) is 0 Å². The van der Waals surface area contributed by atoms with E-state index in [2.05, 4.69) is 0 Å². The first-order chi connectivity index (χ1) is 9.08. The van der Waals surface area contributed by atoms with E-state index in [0.29, 0.717) is 13.2 Å². The van der Waals surface area contributed by atoms with Gasteiger partial charge in [0.2, 0.25) is 0 Å². The Balaban J connectivity index is 2.28. The summed E-state index contributed by atoms with van der Waals surface area (Å²) in [7, 11) is 0. The van der Waals surface area contributed by atoms with Crippen LogP contribution in [0.15, 0.2) is 18.2 Å². The lowest BCUT2D eigenvalue weighted by molar-refractivity contribution is -0.137. The number of ether oxygens (including phenoxy) is 2. The zero-order valence-corrected chi connectivity index (χ0v) is 11.4. The molecular weight excluding hydrogens is 244 g/mol. The van der Waals surface area contributed by atoms with Crippen LogP contribution in [0.1, 0.15) is 38.2 Å². The molecule has 104 valence electrons. The average Bonchev–Trinajstić information content (AvgIpc) is 2.59. The molecule has 2 rings (SSSR count). The van der Waals surface area contributed by atoms with E-state index in [1.165, 1.54) is 0 Å². The highest BCUT2D eigenvalue weighted by molar-refractivity contribution is 5.68. The van der Waals surface area contributed by atoms with Crippen LogP contribution in [0.4, 0.5) is 0 Å². The van der Waals surface area contributed by atoms with Crippen LogP contribution in [0, 0.1) is 5.92 Å². The Morgan fingerprint density at radius 1 is 1.26 bits per heavy atom. The second kappa shape index (κ2) is 5.95. The Morgan fingerprint density at radius 3 is 2.58 bits per heavy atom. The molecule has 1 aliphatic rings. The van der Waals surface area contributed by atoms with E-state index in [1.54, 1.807) is 0 Å². The van der Waals surface area contributed by atoms with Gasteiger partial charge in [-0.1, -0.05) is 19.9 Å². The molecule has 1 unspecified atom stereocenters. The maximum absolute atomic E-state index is 11.0. The number of hydrogen-bond donors (Lipinski definition) is 1. The van der Waals surface area contributed by atoms with Crippen molar-refractivity contribution >= 4 is 5.97 Å². The smallest absolute Gasteiger partial charge is 0.303 e. The molecule has 0 aromatic heterocycles. The Labute approximate surface area is 113 Å². The fraction of sp³-hybridized carbons (Fsp3) is 0.533. The molecule has 0 spiro atoms. The molecule has 0 aliphatic carbocycles. The van der Waals surface area contributed by atoms with Crippen LogP contribution in [-0.4, -0.2) is 24.3 Å². The Bertz CT molecular complexity index is 453. The molecule has 4 heteroatoms. The van der Waals surface area contributed by atoms with Crippen molar-refractivity contribution in [3.63, 3.8) is 0 Å². The first-order valence-electron chi connectivity index (χ1n) is 6.69. The molecule has 4 nitrogen and oxygen atoms in total. The molecular formula is C15H20O4. The summed E-state index contributed by atoms with van der Waals surface area (Å²) in [6, 6.07) is 5.75. The van der Waals surface area contributed by atoms with Crippen molar-refractivity contribution in [3.8, 4) is 11.5 Å². The number of rotatable bonds is 4. The lowest BCUT2D eigenvalue weighted by atomic mass is 9.85. The van der Waals surface area contributed by atoms with Crippen LogP contribution in [0.2, 0.25) is 0 Å². The molecule has 0 radical (unpaired) electrons. The van der Waals surface area contributed by atoms with Crippen LogP contribution < -0.4 is 9.47 Å². The molecule has 0 amide bonds. The highest BCUT2D eigenvalue weighted by Crippen LogP contribution is 2.36. The molecule has 1 aromatic carbocycles. The third-order valence-electron chi connectivity index (χ3n) is 3.40. The number of carboxylic acids is 1. The fourth-order valence-corrected chi connectivity index (χ4v) is 2.34. The lowest BCUT2D eigenvalue weighted by Crippen LogP contribution is -2.12. The van der Waals surface area contributed by atoms with Crippen molar-refractivity contribution in [2.24, 2.45) is 5.92 Å². The van der Waals surface area contributed by atoms with Gasteiger partial charge in [0, 0.05) is 6.42 Å². The van der Waals surface area contributed by atoms with Crippen LogP contribution in [0.25, 0.3) is 0 Å². The van der Waals surface area contributed by atoms with Crippen molar-refractivity contribution in [1.29, 1.82) is 0 Å². The second-order valence-electron chi connectivity index (χ2n) is 5.21. The molecule has 0 saturated carbocycles. The van der Waals surface area contributed by atoms with E-state index in [9.17, 15) is 4.79 Å². The van der Waals surface area contributed by atoms with Gasteiger partial charge in [0.05, 0.1) is 19.6 Å². The predicted octanol–water partition coefficient (Wildman–Crippen LogP) is 3.06. The van der Waals surface area contributed by atoms with Crippen molar-refractivity contribution < 1.29 is 19.4 Å². The summed E-state index contributed by atoms with van der Waals surface area (Å²) in [6.07, 6.45) is 1.00. The Morgan fingerprint density at radius 2 is 1.95 bits per heavy atom. The van der Waals surface area contributed by atoms with Crippen LogP contribution in [0.3, 0.4) is 0 Å². The van der Waals surface area contributed by atoms with Crippen LogP contribution in [0.5, 0.6) is 11.5 Å². The fourth-order valence-electron chi connectivity index (χ4n) is 2.34. The van der Waals surface area contributed by atoms with E-state index >= 15 is 0 Å². The standard InChI is InChI=1S/C15H20O4/c1-10(2)12(9-15(16)17)11-4-5-13-14(8-11)19-7-3-6-18-13/h4-5,8,10,12H,3,6-7,9H2,1-2H3,(H,16,17).